The van der Waals surface area contributed by atoms with Crippen molar-refractivity contribution in [2.24, 2.45) is 0 Å². The molecule has 3 nitrogen and oxygen atoms in total. The monoisotopic (exact) mass is 296 g/mol. The summed E-state index contributed by atoms with van der Waals surface area (Å²) >= 11 is 6.14. The Morgan fingerprint density at radius 1 is 1.37 bits per heavy atom. The number of fused-ring (bicyclic) bond motifs is 1. The third kappa shape index (κ3) is 3.59. The average Bonchev–Trinajstić information content (AvgIpc) is 2.62. The largest absolute Gasteiger partial charge is 0.361 e. The summed E-state index contributed by atoms with van der Waals surface area (Å²) in [6.45, 7) is 10.5. The summed E-state index contributed by atoms with van der Waals surface area (Å²) in [7, 11) is -1.02. The van der Waals surface area contributed by atoms with Crippen molar-refractivity contribution in [2.75, 3.05) is 6.61 Å². The van der Waals surface area contributed by atoms with E-state index in [1.165, 1.54) is 6.04 Å². The van der Waals surface area contributed by atoms with Crippen LogP contribution in [0.25, 0.3) is 10.9 Å². The average molecular weight is 297 g/mol. The summed E-state index contributed by atoms with van der Waals surface area (Å²) in [5, 5.41) is 1.59. The van der Waals surface area contributed by atoms with Crippen molar-refractivity contribution in [1.29, 1.82) is 0 Å². The number of hydrogen-bond donors (Lipinski definition) is 0. The lowest BCUT2D eigenvalue weighted by atomic mass is 10.2. The second-order valence-corrected chi connectivity index (χ2v) is 12.1. The minimum Gasteiger partial charge on any atom is -0.361 e. The molecule has 0 atom stereocenters. The SMILES string of the molecule is Cc1cn(COCC[Si](C)(C)C)c2ccnc(Cl)c12. The smallest absolute Gasteiger partial charge is 0.138 e. The fourth-order valence-electron chi connectivity index (χ4n) is 2.05. The van der Waals surface area contributed by atoms with Crippen LogP contribution < -0.4 is 0 Å². The molecule has 104 valence electrons. The molecule has 5 heteroatoms. The Labute approximate surface area is 120 Å². The molecule has 0 N–H and O–H groups in total. The summed E-state index contributed by atoms with van der Waals surface area (Å²) in [6.07, 6.45) is 3.81. The van der Waals surface area contributed by atoms with E-state index < -0.39 is 8.07 Å². The standard InChI is InChI=1S/C14H21ClN2OSi/c1-11-9-17(10-18-7-8-19(2,3)4)12-5-6-16-14(15)13(11)12/h5-6,9H,7-8,10H2,1-4H3. The first-order valence-corrected chi connectivity index (χ1v) is 10.6. The number of rotatable bonds is 5. The molecule has 0 aliphatic carbocycles. The highest BCUT2D eigenvalue weighted by molar-refractivity contribution is 6.76. The molecule has 2 aromatic rings. The summed E-state index contributed by atoms with van der Waals surface area (Å²) in [4.78, 5) is 4.13. The summed E-state index contributed by atoms with van der Waals surface area (Å²) in [5.74, 6) is 0. The second-order valence-electron chi connectivity index (χ2n) is 6.13. The van der Waals surface area contributed by atoms with Crippen LogP contribution >= 0.6 is 11.6 Å². The van der Waals surface area contributed by atoms with Crippen molar-refractivity contribution in [3.63, 3.8) is 0 Å². The van der Waals surface area contributed by atoms with E-state index in [0.717, 1.165) is 23.1 Å². The topological polar surface area (TPSA) is 27.1 Å². The molecule has 0 aromatic carbocycles. The van der Waals surface area contributed by atoms with Crippen molar-refractivity contribution in [3.8, 4) is 0 Å². The van der Waals surface area contributed by atoms with Gasteiger partial charge in [0.2, 0.25) is 0 Å². The highest BCUT2D eigenvalue weighted by atomic mass is 35.5. The van der Waals surface area contributed by atoms with Crippen molar-refractivity contribution in [3.05, 3.63) is 29.2 Å². The molecule has 19 heavy (non-hydrogen) atoms. The van der Waals surface area contributed by atoms with Crippen molar-refractivity contribution < 1.29 is 4.74 Å². The lowest BCUT2D eigenvalue weighted by molar-refractivity contribution is 0.0902. The normalized spacial score (nSPS) is 12.3. The minimum atomic E-state index is -1.02. The molecular formula is C14H21ClN2OSi. The van der Waals surface area contributed by atoms with E-state index in [9.17, 15) is 0 Å². The maximum absolute atomic E-state index is 6.14. The Kier molecular flexibility index (Phi) is 4.33. The Hall–Kier alpha value is -0.843. The molecule has 0 aliphatic heterocycles. The molecule has 0 saturated carbocycles. The number of halogens is 1. The first-order chi connectivity index (χ1) is 8.88. The van der Waals surface area contributed by atoms with E-state index in [2.05, 4.69) is 42.3 Å². The van der Waals surface area contributed by atoms with Crippen molar-refractivity contribution in [1.82, 2.24) is 9.55 Å². The molecule has 0 radical (unpaired) electrons. The van der Waals surface area contributed by atoms with E-state index in [-0.39, 0.29) is 0 Å². The number of hydrogen-bond acceptors (Lipinski definition) is 2. The predicted octanol–water partition coefficient (Wildman–Crippen LogP) is 4.31. The zero-order chi connectivity index (χ0) is 14.0. The summed E-state index contributed by atoms with van der Waals surface area (Å²) in [5.41, 5.74) is 2.23. The van der Waals surface area contributed by atoms with Gasteiger partial charge in [-0.05, 0) is 24.6 Å². The van der Waals surface area contributed by atoms with Gasteiger partial charge in [0.15, 0.2) is 0 Å². The molecule has 2 rings (SSSR count). The van der Waals surface area contributed by atoms with Crippen LogP contribution in [0.4, 0.5) is 0 Å². The lowest BCUT2D eigenvalue weighted by Gasteiger charge is -2.15. The number of aromatic nitrogens is 2. The summed E-state index contributed by atoms with van der Waals surface area (Å²) < 4.78 is 7.89. The number of pyridine rings is 1. The highest BCUT2D eigenvalue weighted by Gasteiger charge is 2.13. The molecule has 0 saturated heterocycles. The molecule has 0 amide bonds. The number of ether oxygens (including phenoxy) is 1. The maximum atomic E-state index is 6.14. The second kappa shape index (κ2) is 5.65. The Morgan fingerprint density at radius 2 is 2.11 bits per heavy atom. The van der Waals surface area contributed by atoms with Gasteiger partial charge in [-0.1, -0.05) is 31.2 Å². The van der Waals surface area contributed by atoms with Crippen molar-refractivity contribution in [2.45, 2.75) is 39.3 Å². The molecule has 0 bridgehead atoms. The molecule has 0 unspecified atom stereocenters. The fraction of sp³-hybridized carbons (Fsp3) is 0.500. The Balaban J connectivity index is 2.08. The van der Waals surface area contributed by atoms with Gasteiger partial charge in [-0.3, -0.25) is 0 Å². The highest BCUT2D eigenvalue weighted by Crippen LogP contribution is 2.26. The molecule has 0 spiro atoms. The van der Waals surface area contributed by atoms with Gasteiger partial charge in [-0.15, -0.1) is 0 Å². The third-order valence-electron chi connectivity index (χ3n) is 3.16. The fourth-order valence-corrected chi connectivity index (χ4v) is 3.11. The lowest BCUT2D eigenvalue weighted by Crippen LogP contribution is -2.21. The van der Waals surface area contributed by atoms with E-state index in [0.29, 0.717) is 11.9 Å². The summed E-state index contributed by atoms with van der Waals surface area (Å²) in [6, 6.07) is 3.17. The first-order valence-electron chi connectivity index (χ1n) is 6.56. The Bertz CT molecular complexity index is 575. The van der Waals surface area contributed by atoms with E-state index in [1.807, 2.05) is 6.07 Å². The minimum absolute atomic E-state index is 0.566. The van der Waals surface area contributed by atoms with Gasteiger partial charge in [0.05, 0.1) is 5.52 Å². The molecule has 0 fully saturated rings. The van der Waals surface area contributed by atoms with Gasteiger partial charge in [0.1, 0.15) is 11.9 Å². The van der Waals surface area contributed by atoms with Crippen LogP contribution in [0.15, 0.2) is 18.5 Å². The zero-order valence-electron chi connectivity index (χ0n) is 12.0. The first kappa shape index (κ1) is 14.6. The predicted molar refractivity (Wildman–Crippen MR) is 83.6 cm³/mol. The van der Waals surface area contributed by atoms with Crippen LogP contribution in [0.1, 0.15) is 5.56 Å². The van der Waals surface area contributed by atoms with Crippen LogP contribution in [0.3, 0.4) is 0 Å². The van der Waals surface area contributed by atoms with Crippen LogP contribution in [0, 0.1) is 6.92 Å². The van der Waals surface area contributed by atoms with Gasteiger partial charge in [-0.2, -0.15) is 0 Å². The van der Waals surface area contributed by atoms with Crippen LogP contribution in [0.2, 0.25) is 30.8 Å². The molecule has 2 heterocycles. The quantitative estimate of drug-likeness (QED) is 0.467. The maximum Gasteiger partial charge on any atom is 0.138 e. The number of nitrogens with zero attached hydrogens (tertiary/aromatic N) is 2. The van der Waals surface area contributed by atoms with Crippen LogP contribution in [-0.2, 0) is 11.5 Å². The zero-order valence-corrected chi connectivity index (χ0v) is 13.8. The van der Waals surface area contributed by atoms with E-state index in [1.54, 1.807) is 6.20 Å². The van der Waals surface area contributed by atoms with Crippen LogP contribution in [0.5, 0.6) is 0 Å². The van der Waals surface area contributed by atoms with Gasteiger partial charge in [0, 0.05) is 32.5 Å². The van der Waals surface area contributed by atoms with E-state index in [4.69, 9.17) is 16.3 Å². The molecule has 0 aliphatic rings. The van der Waals surface area contributed by atoms with Gasteiger partial charge in [0.25, 0.3) is 0 Å². The van der Waals surface area contributed by atoms with Crippen molar-refractivity contribution >= 4 is 30.6 Å². The molecule has 2 aromatic heterocycles. The van der Waals surface area contributed by atoms with Gasteiger partial charge >= 0.3 is 0 Å². The van der Waals surface area contributed by atoms with Gasteiger partial charge in [-0.25, -0.2) is 4.98 Å². The third-order valence-corrected chi connectivity index (χ3v) is 5.15. The molecular weight excluding hydrogens is 276 g/mol. The van der Waals surface area contributed by atoms with E-state index >= 15 is 0 Å². The van der Waals surface area contributed by atoms with Gasteiger partial charge < -0.3 is 9.30 Å². The van der Waals surface area contributed by atoms with Crippen LogP contribution in [-0.4, -0.2) is 24.2 Å². The number of aryl methyl sites for hydroxylation is 1. The Morgan fingerprint density at radius 3 is 2.79 bits per heavy atom.